The molecule has 2 nitrogen and oxygen atoms in total. The number of hydrogen-bond donors (Lipinski definition) is 1. The fourth-order valence-corrected chi connectivity index (χ4v) is 0.807. The van der Waals surface area contributed by atoms with Crippen molar-refractivity contribution in [3.05, 3.63) is 11.8 Å². The van der Waals surface area contributed by atoms with Gasteiger partial charge in [0.1, 0.15) is 0 Å². The summed E-state index contributed by atoms with van der Waals surface area (Å²) in [5, 5.41) is 2.97. The second kappa shape index (κ2) is 1.99. The largest absolute Gasteiger partial charge is 0.382 e. The monoisotopic (exact) mass is 111 g/mol. The lowest BCUT2D eigenvalue weighted by molar-refractivity contribution is -0.114. The molecule has 1 fully saturated rings. The quantitative estimate of drug-likeness (QED) is 0.460. The van der Waals surface area contributed by atoms with Gasteiger partial charge in [0.2, 0.25) is 0 Å². The van der Waals surface area contributed by atoms with Crippen molar-refractivity contribution in [3.8, 4) is 0 Å². The van der Waals surface area contributed by atoms with Crippen LogP contribution in [0.1, 0.15) is 13.3 Å². The maximum atomic E-state index is 10.7. The fraction of sp³-hybridized carbons (Fsp3) is 0.500. The molecule has 44 valence electrons. The van der Waals surface area contributed by atoms with E-state index in [1.54, 1.807) is 0 Å². The van der Waals surface area contributed by atoms with Crippen LogP contribution in [0.15, 0.2) is 11.8 Å². The van der Waals surface area contributed by atoms with Crippen LogP contribution < -0.4 is 5.32 Å². The van der Waals surface area contributed by atoms with Crippen molar-refractivity contribution in [1.29, 1.82) is 0 Å². The van der Waals surface area contributed by atoms with Crippen molar-refractivity contribution in [1.82, 2.24) is 5.32 Å². The van der Waals surface area contributed by atoms with Crippen LogP contribution in [0.25, 0.3) is 0 Å². The Morgan fingerprint density at radius 2 is 2.50 bits per heavy atom. The van der Waals surface area contributed by atoms with Gasteiger partial charge in [0.25, 0.3) is 0 Å². The summed E-state index contributed by atoms with van der Waals surface area (Å²) in [6.45, 7) is 2.68. The minimum absolute atomic E-state index is 0.243. The first-order valence-corrected chi connectivity index (χ1v) is 2.78. The van der Waals surface area contributed by atoms with Gasteiger partial charge in [0, 0.05) is 13.0 Å². The van der Waals surface area contributed by atoms with Gasteiger partial charge in [-0.05, 0) is 6.92 Å². The average Bonchev–Trinajstić information content (AvgIpc) is 2.14. The van der Waals surface area contributed by atoms with Gasteiger partial charge in [0.15, 0.2) is 5.78 Å². The van der Waals surface area contributed by atoms with E-state index < -0.39 is 0 Å². The van der Waals surface area contributed by atoms with Crippen molar-refractivity contribution in [2.45, 2.75) is 13.3 Å². The molecule has 0 saturated carbocycles. The van der Waals surface area contributed by atoms with E-state index in [1.807, 2.05) is 13.0 Å². The summed E-state index contributed by atoms with van der Waals surface area (Å²) in [6.07, 6.45) is 2.48. The van der Waals surface area contributed by atoms with Crippen LogP contribution in [0.4, 0.5) is 0 Å². The Kier molecular flexibility index (Phi) is 1.33. The van der Waals surface area contributed by atoms with Gasteiger partial charge in [-0.25, -0.2) is 0 Å². The lowest BCUT2D eigenvalue weighted by atomic mass is 10.3. The van der Waals surface area contributed by atoms with Crippen LogP contribution in [0, 0.1) is 0 Å². The smallest absolute Gasteiger partial charge is 0.180 e. The van der Waals surface area contributed by atoms with Gasteiger partial charge in [-0.1, -0.05) is 6.08 Å². The van der Waals surface area contributed by atoms with Crippen molar-refractivity contribution in [2.75, 3.05) is 6.54 Å². The first-order valence-electron chi connectivity index (χ1n) is 2.78. The second-order valence-electron chi connectivity index (χ2n) is 1.80. The van der Waals surface area contributed by atoms with Crippen molar-refractivity contribution >= 4 is 5.78 Å². The summed E-state index contributed by atoms with van der Waals surface area (Å²) in [7, 11) is 0. The van der Waals surface area contributed by atoms with E-state index in [-0.39, 0.29) is 5.78 Å². The fourth-order valence-electron chi connectivity index (χ4n) is 0.807. The number of hydrogen-bond acceptors (Lipinski definition) is 2. The van der Waals surface area contributed by atoms with Gasteiger partial charge in [-0.2, -0.15) is 0 Å². The second-order valence-corrected chi connectivity index (χ2v) is 1.80. The summed E-state index contributed by atoms with van der Waals surface area (Å²) < 4.78 is 0. The standard InChI is InChI=1S/C6H9NO/c1-2-5-6(8)3-4-7-5/h2,7H,3-4H2,1H3. The number of Topliss-reactive ketones (excluding diaryl/α,β-unsaturated/α-hetero) is 1. The zero-order chi connectivity index (χ0) is 5.98. The summed E-state index contributed by atoms with van der Waals surface area (Å²) in [5.74, 6) is 0.243. The molecule has 0 aliphatic carbocycles. The molecule has 1 rings (SSSR count). The van der Waals surface area contributed by atoms with Crippen molar-refractivity contribution in [3.63, 3.8) is 0 Å². The molecule has 1 aliphatic heterocycles. The maximum Gasteiger partial charge on any atom is 0.180 e. The first kappa shape index (κ1) is 5.35. The molecule has 1 heterocycles. The Morgan fingerprint density at radius 3 is 2.75 bits per heavy atom. The normalized spacial score (nSPS) is 24.1. The number of carbonyl (C=O) groups excluding carboxylic acids is 1. The van der Waals surface area contributed by atoms with Crippen molar-refractivity contribution in [2.24, 2.45) is 0 Å². The molecule has 0 aromatic rings. The van der Waals surface area contributed by atoms with Gasteiger partial charge < -0.3 is 5.32 Å². The maximum absolute atomic E-state index is 10.7. The zero-order valence-corrected chi connectivity index (χ0v) is 4.90. The third-order valence-electron chi connectivity index (χ3n) is 1.26. The molecule has 0 aromatic carbocycles. The molecule has 0 radical (unpaired) electrons. The topological polar surface area (TPSA) is 29.1 Å². The Hall–Kier alpha value is -0.790. The predicted molar refractivity (Wildman–Crippen MR) is 31.4 cm³/mol. The molecule has 0 amide bonds. The van der Waals surface area contributed by atoms with E-state index >= 15 is 0 Å². The van der Waals surface area contributed by atoms with Gasteiger partial charge in [0.05, 0.1) is 5.70 Å². The highest BCUT2D eigenvalue weighted by atomic mass is 16.1. The van der Waals surface area contributed by atoms with Crippen molar-refractivity contribution < 1.29 is 4.79 Å². The lowest BCUT2D eigenvalue weighted by Crippen LogP contribution is -2.05. The number of allylic oxidation sites excluding steroid dienone is 2. The Balaban J connectivity index is 2.69. The highest BCUT2D eigenvalue weighted by molar-refractivity contribution is 5.96. The Labute approximate surface area is 48.6 Å². The lowest BCUT2D eigenvalue weighted by Gasteiger charge is -1.89. The van der Waals surface area contributed by atoms with Crippen LogP contribution in [0.2, 0.25) is 0 Å². The summed E-state index contributed by atoms with van der Waals surface area (Å²) in [6, 6.07) is 0. The number of carbonyl (C=O) groups is 1. The molecule has 0 spiro atoms. The van der Waals surface area contributed by atoms with Gasteiger partial charge >= 0.3 is 0 Å². The Bertz CT molecular complexity index is 137. The Morgan fingerprint density at radius 1 is 1.75 bits per heavy atom. The number of ketones is 1. The molecule has 1 aliphatic rings. The van der Waals surface area contributed by atoms with Crippen LogP contribution in [-0.4, -0.2) is 12.3 Å². The molecule has 2 heteroatoms. The SMILES string of the molecule is CC=C1NCCC1=O. The summed E-state index contributed by atoms with van der Waals surface area (Å²) >= 11 is 0. The molecule has 0 aromatic heterocycles. The molecule has 1 saturated heterocycles. The molecular weight excluding hydrogens is 102 g/mol. The molecule has 0 atom stereocenters. The minimum atomic E-state index is 0.243. The predicted octanol–water partition coefficient (Wildman–Crippen LogP) is 0.453. The molecule has 1 N–H and O–H groups in total. The van der Waals surface area contributed by atoms with E-state index in [4.69, 9.17) is 0 Å². The highest BCUT2D eigenvalue weighted by Crippen LogP contribution is 2.02. The van der Waals surface area contributed by atoms with E-state index in [2.05, 4.69) is 5.32 Å². The van der Waals surface area contributed by atoms with Crippen LogP contribution in [0.3, 0.4) is 0 Å². The van der Waals surface area contributed by atoms with E-state index in [0.717, 1.165) is 12.2 Å². The minimum Gasteiger partial charge on any atom is -0.382 e. The van der Waals surface area contributed by atoms with Gasteiger partial charge in [-0.3, -0.25) is 4.79 Å². The average molecular weight is 111 g/mol. The number of nitrogens with one attached hydrogen (secondary N) is 1. The van der Waals surface area contributed by atoms with E-state index in [0.29, 0.717) is 6.42 Å². The zero-order valence-electron chi connectivity index (χ0n) is 4.90. The van der Waals surface area contributed by atoms with Gasteiger partial charge in [-0.15, -0.1) is 0 Å². The van der Waals surface area contributed by atoms with Crippen LogP contribution in [-0.2, 0) is 4.79 Å². The molecule has 8 heavy (non-hydrogen) atoms. The number of rotatable bonds is 0. The third-order valence-corrected chi connectivity index (χ3v) is 1.26. The van der Waals surface area contributed by atoms with Crippen LogP contribution in [0.5, 0.6) is 0 Å². The molecule has 0 bridgehead atoms. The summed E-state index contributed by atoms with van der Waals surface area (Å²) in [5.41, 5.74) is 0.782. The molecule has 0 unspecified atom stereocenters. The third kappa shape index (κ3) is 0.735. The van der Waals surface area contributed by atoms with E-state index in [1.165, 1.54) is 0 Å². The highest BCUT2D eigenvalue weighted by Gasteiger charge is 2.13. The first-order chi connectivity index (χ1) is 3.84. The molecular formula is C6H9NO. The summed E-state index contributed by atoms with van der Waals surface area (Å²) in [4.78, 5) is 10.7. The van der Waals surface area contributed by atoms with E-state index in [9.17, 15) is 4.79 Å². The van der Waals surface area contributed by atoms with Crippen LogP contribution >= 0.6 is 0 Å².